The topological polar surface area (TPSA) is 42.0 Å². The van der Waals surface area contributed by atoms with Gasteiger partial charge in [-0.25, -0.2) is 0 Å². The lowest BCUT2D eigenvalue weighted by Gasteiger charge is -2.54. The van der Waals surface area contributed by atoms with E-state index in [2.05, 4.69) is 11.0 Å². The van der Waals surface area contributed by atoms with Crippen LogP contribution in [-0.2, 0) is 6.54 Å². The van der Waals surface area contributed by atoms with Gasteiger partial charge in [0.25, 0.3) is 5.91 Å². The highest BCUT2D eigenvalue weighted by Gasteiger charge is 2.45. The Kier molecular flexibility index (Phi) is 5.34. The zero-order valence-corrected chi connectivity index (χ0v) is 17.9. The van der Waals surface area contributed by atoms with Gasteiger partial charge in [-0.1, -0.05) is 29.8 Å². The van der Waals surface area contributed by atoms with Crippen LogP contribution in [0.4, 0.5) is 0 Å². The van der Waals surface area contributed by atoms with Gasteiger partial charge in [-0.05, 0) is 48.1 Å². The average Bonchev–Trinajstić information content (AvgIpc) is 2.99. The number of piperidine rings is 1. The highest BCUT2D eigenvalue weighted by molar-refractivity contribution is 6.31. The second-order valence-corrected chi connectivity index (χ2v) is 9.15. The molecule has 6 heteroatoms. The fourth-order valence-corrected chi connectivity index (χ4v) is 5.06. The third-order valence-electron chi connectivity index (χ3n) is 6.58. The van der Waals surface area contributed by atoms with Crippen LogP contribution in [0, 0.1) is 5.41 Å². The van der Waals surface area contributed by atoms with Crippen LogP contribution in [0.2, 0.25) is 5.02 Å². The average molecular weight is 427 g/mol. The molecule has 1 spiro atoms. The van der Waals surface area contributed by atoms with E-state index in [0.29, 0.717) is 29.9 Å². The van der Waals surface area contributed by atoms with Gasteiger partial charge < -0.3 is 14.4 Å². The van der Waals surface area contributed by atoms with Crippen LogP contribution in [0.1, 0.15) is 35.2 Å². The Hall–Kier alpha value is -2.24. The molecule has 0 N–H and O–H groups in total. The largest absolute Gasteiger partial charge is 0.490 e. The first kappa shape index (κ1) is 19.7. The van der Waals surface area contributed by atoms with E-state index in [1.54, 1.807) is 0 Å². The highest BCUT2D eigenvalue weighted by atomic mass is 35.5. The van der Waals surface area contributed by atoms with Crippen LogP contribution in [-0.4, -0.2) is 55.1 Å². The minimum absolute atomic E-state index is 0.0905. The second-order valence-electron chi connectivity index (χ2n) is 8.74. The highest BCUT2D eigenvalue weighted by Crippen LogP contribution is 2.42. The summed E-state index contributed by atoms with van der Waals surface area (Å²) in [6.45, 7) is 5.99. The van der Waals surface area contributed by atoms with Gasteiger partial charge in [-0.3, -0.25) is 9.69 Å². The molecule has 2 aromatic rings. The van der Waals surface area contributed by atoms with Crippen LogP contribution in [0.25, 0.3) is 0 Å². The summed E-state index contributed by atoms with van der Waals surface area (Å²) in [6, 6.07) is 13.6. The zero-order chi connectivity index (χ0) is 20.6. The number of carbonyl (C=O) groups excluding carboxylic acids is 1. The number of ether oxygens (including phenoxy) is 2. The summed E-state index contributed by atoms with van der Waals surface area (Å²) in [5.41, 5.74) is 2.23. The van der Waals surface area contributed by atoms with Crippen LogP contribution >= 0.6 is 11.6 Å². The molecule has 0 unspecified atom stereocenters. The van der Waals surface area contributed by atoms with Crippen molar-refractivity contribution in [3.8, 4) is 11.5 Å². The third-order valence-corrected chi connectivity index (χ3v) is 6.94. The van der Waals surface area contributed by atoms with Crippen molar-refractivity contribution in [3.05, 3.63) is 58.6 Å². The SMILES string of the molecule is O=C(c1ccc2c(c1)OCCCO2)N1CCC2(CC1)CN(Cc1ccccc1Cl)C2. The fraction of sp³-hybridized carbons (Fsp3) is 0.458. The zero-order valence-electron chi connectivity index (χ0n) is 17.1. The van der Waals surface area contributed by atoms with Gasteiger partial charge in [0.2, 0.25) is 0 Å². The summed E-state index contributed by atoms with van der Waals surface area (Å²) < 4.78 is 11.4. The Bertz CT molecular complexity index is 932. The molecule has 2 aromatic carbocycles. The molecule has 158 valence electrons. The molecule has 2 fully saturated rings. The van der Waals surface area contributed by atoms with Gasteiger partial charge >= 0.3 is 0 Å². The van der Waals surface area contributed by atoms with E-state index in [9.17, 15) is 4.79 Å². The minimum atomic E-state index is 0.0905. The first-order valence-electron chi connectivity index (χ1n) is 10.8. The Balaban J connectivity index is 1.16. The number of benzene rings is 2. The van der Waals surface area contributed by atoms with Crippen molar-refractivity contribution in [1.29, 1.82) is 0 Å². The van der Waals surface area contributed by atoms with Crippen LogP contribution < -0.4 is 9.47 Å². The van der Waals surface area contributed by atoms with Gasteiger partial charge in [0.15, 0.2) is 11.5 Å². The predicted octanol–water partition coefficient (Wildman–Crippen LogP) is 4.24. The van der Waals surface area contributed by atoms with Crippen molar-refractivity contribution in [2.45, 2.75) is 25.8 Å². The number of hydrogen-bond acceptors (Lipinski definition) is 4. The quantitative estimate of drug-likeness (QED) is 0.736. The lowest BCUT2D eigenvalue weighted by atomic mass is 9.72. The maximum atomic E-state index is 13.0. The summed E-state index contributed by atoms with van der Waals surface area (Å²) in [6.07, 6.45) is 2.98. The van der Waals surface area contributed by atoms with Crippen molar-refractivity contribution in [3.63, 3.8) is 0 Å². The van der Waals surface area contributed by atoms with E-state index in [1.807, 2.05) is 41.3 Å². The molecule has 30 heavy (non-hydrogen) atoms. The predicted molar refractivity (Wildman–Crippen MR) is 116 cm³/mol. The second kappa shape index (κ2) is 8.12. The number of likely N-dealkylation sites (tertiary alicyclic amines) is 2. The normalized spacial score (nSPS) is 20.5. The summed E-state index contributed by atoms with van der Waals surface area (Å²) in [7, 11) is 0. The van der Waals surface area contributed by atoms with E-state index >= 15 is 0 Å². The smallest absolute Gasteiger partial charge is 0.253 e. The molecule has 0 bridgehead atoms. The maximum Gasteiger partial charge on any atom is 0.253 e. The fourth-order valence-electron chi connectivity index (χ4n) is 4.86. The molecule has 0 atom stereocenters. The van der Waals surface area contributed by atoms with Crippen LogP contribution in [0.3, 0.4) is 0 Å². The molecule has 5 rings (SSSR count). The standard InChI is InChI=1S/C24H27ClN2O3/c25-20-5-2-1-4-19(20)15-26-16-24(17-26)8-10-27(11-9-24)23(28)18-6-7-21-22(14-18)30-13-3-12-29-21/h1-2,4-7,14H,3,8-13,15-17H2. The number of hydrogen-bond donors (Lipinski definition) is 0. The monoisotopic (exact) mass is 426 g/mol. The van der Waals surface area contributed by atoms with E-state index in [-0.39, 0.29) is 5.91 Å². The molecule has 1 amide bonds. The summed E-state index contributed by atoms with van der Waals surface area (Å²) in [5, 5.41) is 0.842. The van der Waals surface area contributed by atoms with Gasteiger partial charge in [0.1, 0.15) is 0 Å². The van der Waals surface area contributed by atoms with E-state index < -0.39 is 0 Å². The molecule has 0 radical (unpaired) electrons. The summed E-state index contributed by atoms with van der Waals surface area (Å²) in [5.74, 6) is 1.50. The number of amides is 1. The Labute approximate surface area is 182 Å². The molecule has 2 saturated heterocycles. The lowest BCUT2D eigenvalue weighted by molar-refractivity contribution is -0.0465. The first-order valence-corrected chi connectivity index (χ1v) is 11.1. The Morgan fingerprint density at radius 2 is 1.73 bits per heavy atom. The summed E-state index contributed by atoms with van der Waals surface area (Å²) >= 11 is 6.30. The van der Waals surface area contributed by atoms with Crippen molar-refractivity contribution in [1.82, 2.24) is 9.80 Å². The van der Waals surface area contributed by atoms with E-state index in [0.717, 1.165) is 62.8 Å². The molecule has 0 saturated carbocycles. The Morgan fingerprint density at radius 1 is 1.00 bits per heavy atom. The number of fused-ring (bicyclic) bond motifs is 1. The number of nitrogens with zero attached hydrogens (tertiary/aromatic N) is 2. The molecule has 0 aromatic heterocycles. The van der Waals surface area contributed by atoms with Crippen LogP contribution in [0.15, 0.2) is 42.5 Å². The molecule has 0 aliphatic carbocycles. The molecular formula is C24H27ClN2O3. The van der Waals surface area contributed by atoms with Crippen molar-refractivity contribution in [2.24, 2.45) is 5.41 Å². The van der Waals surface area contributed by atoms with Crippen LogP contribution in [0.5, 0.6) is 11.5 Å². The number of carbonyl (C=O) groups is 1. The third kappa shape index (κ3) is 3.88. The first-order chi connectivity index (χ1) is 14.6. The maximum absolute atomic E-state index is 13.0. The molecular weight excluding hydrogens is 400 g/mol. The minimum Gasteiger partial charge on any atom is -0.490 e. The Morgan fingerprint density at radius 3 is 2.50 bits per heavy atom. The number of halogens is 1. The van der Waals surface area contributed by atoms with Gasteiger partial charge in [-0.2, -0.15) is 0 Å². The van der Waals surface area contributed by atoms with Crippen molar-refractivity contribution < 1.29 is 14.3 Å². The molecule has 3 aliphatic rings. The number of rotatable bonds is 3. The van der Waals surface area contributed by atoms with Crippen molar-refractivity contribution >= 4 is 17.5 Å². The summed E-state index contributed by atoms with van der Waals surface area (Å²) in [4.78, 5) is 17.5. The van der Waals surface area contributed by atoms with Crippen molar-refractivity contribution in [2.75, 3.05) is 39.4 Å². The molecule has 3 heterocycles. The molecule has 5 nitrogen and oxygen atoms in total. The van der Waals surface area contributed by atoms with Gasteiger partial charge in [0.05, 0.1) is 13.2 Å². The lowest BCUT2D eigenvalue weighted by Crippen LogP contribution is -2.60. The van der Waals surface area contributed by atoms with Gasteiger partial charge in [-0.15, -0.1) is 0 Å². The van der Waals surface area contributed by atoms with E-state index in [1.165, 1.54) is 5.56 Å². The van der Waals surface area contributed by atoms with Gasteiger partial charge in [0, 0.05) is 49.7 Å². The van der Waals surface area contributed by atoms with E-state index in [4.69, 9.17) is 21.1 Å². The molecule has 3 aliphatic heterocycles.